The van der Waals surface area contributed by atoms with Gasteiger partial charge in [0.1, 0.15) is 35.9 Å². The van der Waals surface area contributed by atoms with Crippen LogP contribution in [-0.4, -0.2) is 100 Å². The zero-order chi connectivity index (χ0) is 29.7. The van der Waals surface area contributed by atoms with E-state index in [1.807, 2.05) is 12.1 Å². The molecule has 0 unspecified atom stereocenters. The highest BCUT2D eigenvalue weighted by molar-refractivity contribution is 5.89. The third-order valence-electron chi connectivity index (χ3n) is 7.82. The number of esters is 1. The summed E-state index contributed by atoms with van der Waals surface area (Å²) in [4.78, 5) is 25.4. The van der Waals surface area contributed by atoms with Crippen LogP contribution in [0.2, 0.25) is 0 Å². The minimum Gasteiger partial charge on any atom is -0.508 e. The fourth-order valence-corrected chi connectivity index (χ4v) is 5.57. The largest absolute Gasteiger partial charge is 0.508 e. The number of Topliss-reactive ketones (excluding diaryl/α,β-unsaturated/α-hetero) is 1. The fraction of sp³-hybridized carbons (Fsp3) is 0.586. The first-order valence-electron chi connectivity index (χ1n) is 13.6. The normalized spacial score (nSPS) is 35.7. The van der Waals surface area contributed by atoms with Gasteiger partial charge in [-0.15, -0.1) is 6.58 Å². The number of phenols is 1. The fourth-order valence-electron chi connectivity index (χ4n) is 5.57. The molecule has 1 aromatic rings. The molecule has 12 heteroatoms. The number of aromatic hydroxyl groups is 1. The van der Waals surface area contributed by atoms with Gasteiger partial charge in [-0.05, 0) is 37.0 Å². The minimum atomic E-state index is -1.65. The number of phenolic OH excluding ortho intramolecular Hbond substituents is 1. The molecule has 1 aromatic carbocycles. The first kappa shape index (κ1) is 31.1. The first-order chi connectivity index (χ1) is 19.6. The molecule has 0 amide bonds. The summed E-state index contributed by atoms with van der Waals surface area (Å²) in [6.07, 6.45) is -4.88. The van der Waals surface area contributed by atoms with Crippen molar-refractivity contribution in [3.8, 4) is 5.75 Å². The summed E-state index contributed by atoms with van der Waals surface area (Å²) in [5.41, 5.74) is 1.19. The molecule has 0 radical (unpaired) electrons. The highest BCUT2D eigenvalue weighted by atomic mass is 16.8. The van der Waals surface area contributed by atoms with Crippen molar-refractivity contribution in [1.29, 1.82) is 0 Å². The predicted molar refractivity (Wildman–Crippen MR) is 141 cm³/mol. The van der Waals surface area contributed by atoms with Crippen molar-refractivity contribution in [2.75, 3.05) is 13.7 Å². The maximum absolute atomic E-state index is 12.7. The van der Waals surface area contributed by atoms with E-state index in [0.29, 0.717) is 12.8 Å². The molecule has 12 nitrogen and oxygen atoms in total. The lowest BCUT2D eigenvalue weighted by atomic mass is 9.78. The van der Waals surface area contributed by atoms with Crippen LogP contribution in [-0.2, 0) is 39.7 Å². The van der Waals surface area contributed by atoms with Gasteiger partial charge in [0, 0.05) is 24.7 Å². The Labute approximate surface area is 237 Å². The third kappa shape index (κ3) is 7.33. The smallest absolute Gasteiger partial charge is 0.337 e. The van der Waals surface area contributed by atoms with Gasteiger partial charge < -0.3 is 49.2 Å². The van der Waals surface area contributed by atoms with E-state index in [0.717, 1.165) is 5.56 Å². The SMILES string of the molecule is C=C[C@H]1[C@@H](O[C@H]2O[C@@H](CO)[C@H](O)[C@@H](O)[C@@H]2O)OC=C(C(=O)OC)[C@@H]1C[C@H]1CC(=O)C[C@@H](CCc2ccc(O)cc2)O1. The topological polar surface area (TPSA) is 181 Å². The lowest BCUT2D eigenvalue weighted by Gasteiger charge is -2.43. The molecule has 0 saturated carbocycles. The average Bonchev–Trinajstić information content (AvgIpc) is 2.96. The molecule has 0 aliphatic carbocycles. The maximum atomic E-state index is 12.7. The average molecular weight is 579 g/mol. The van der Waals surface area contributed by atoms with Crippen molar-refractivity contribution >= 4 is 11.8 Å². The van der Waals surface area contributed by atoms with Crippen LogP contribution in [0.4, 0.5) is 0 Å². The second kappa shape index (κ2) is 13.9. The number of rotatable bonds is 10. The maximum Gasteiger partial charge on any atom is 0.337 e. The van der Waals surface area contributed by atoms with Crippen LogP contribution in [0.25, 0.3) is 0 Å². The molecule has 41 heavy (non-hydrogen) atoms. The molecule has 2 fully saturated rings. The van der Waals surface area contributed by atoms with Crippen molar-refractivity contribution < 1.29 is 58.8 Å². The number of aliphatic hydroxyl groups excluding tert-OH is 4. The van der Waals surface area contributed by atoms with Crippen LogP contribution in [0, 0.1) is 11.8 Å². The lowest BCUT2D eigenvalue weighted by molar-refractivity contribution is -0.339. The Kier molecular flexibility index (Phi) is 10.5. The molecule has 2 saturated heterocycles. The number of carbonyl (C=O) groups excluding carboxylic acids is 2. The summed E-state index contributed by atoms with van der Waals surface area (Å²) in [5, 5.41) is 49.7. The summed E-state index contributed by atoms with van der Waals surface area (Å²) in [6, 6.07) is 6.85. The molecule has 5 N–H and O–H groups in total. The molecule has 4 rings (SSSR count). The van der Waals surface area contributed by atoms with E-state index in [1.165, 1.54) is 19.4 Å². The second-order valence-electron chi connectivity index (χ2n) is 10.6. The number of aryl methyl sites for hydroxylation is 1. The van der Waals surface area contributed by atoms with E-state index in [1.54, 1.807) is 12.1 Å². The van der Waals surface area contributed by atoms with E-state index < -0.39 is 67.5 Å². The Bertz CT molecular complexity index is 1090. The zero-order valence-electron chi connectivity index (χ0n) is 22.8. The van der Waals surface area contributed by atoms with Gasteiger partial charge in [0.15, 0.2) is 6.29 Å². The summed E-state index contributed by atoms with van der Waals surface area (Å²) in [5.74, 6) is -1.74. The monoisotopic (exact) mass is 578 g/mol. The van der Waals surface area contributed by atoms with Gasteiger partial charge in [0.2, 0.25) is 6.29 Å². The first-order valence-corrected chi connectivity index (χ1v) is 13.6. The van der Waals surface area contributed by atoms with Crippen LogP contribution in [0.5, 0.6) is 5.75 Å². The van der Waals surface area contributed by atoms with Crippen LogP contribution < -0.4 is 0 Å². The summed E-state index contributed by atoms with van der Waals surface area (Å²) in [6.45, 7) is 3.24. The summed E-state index contributed by atoms with van der Waals surface area (Å²) in [7, 11) is 1.24. The van der Waals surface area contributed by atoms with Crippen molar-refractivity contribution in [1.82, 2.24) is 0 Å². The number of carbonyl (C=O) groups is 2. The Hall–Kier alpha value is -2.84. The van der Waals surface area contributed by atoms with Crippen LogP contribution in [0.15, 0.2) is 48.8 Å². The third-order valence-corrected chi connectivity index (χ3v) is 7.82. The zero-order valence-corrected chi connectivity index (χ0v) is 22.8. The Morgan fingerprint density at radius 1 is 1.05 bits per heavy atom. The molecule has 0 spiro atoms. The summed E-state index contributed by atoms with van der Waals surface area (Å²) < 4.78 is 28.2. The van der Waals surface area contributed by atoms with Gasteiger partial charge in [-0.2, -0.15) is 0 Å². The van der Waals surface area contributed by atoms with Crippen LogP contribution in [0.1, 0.15) is 31.2 Å². The predicted octanol–water partition coefficient (Wildman–Crippen LogP) is 0.480. The van der Waals surface area contributed by atoms with E-state index in [2.05, 4.69) is 6.58 Å². The van der Waals surface area contributed by atoms with Crippen molar-refractivity contribution in [2.45, 2.75) is 81.3 Å². The number of ketones is 1. The van der Waals surface area contributed by atoms with Gasteiger partial charge in [0.25, 0.3) is 0 Å². The highest BCUT2D eigenvalue weighted by Gasteiger charge is 2.48. The molecule has 226 valence electrons. The standard InChI is InChI=1S/C29H38O12/c1-3-20-21(12-19-11-17(32)10-18(39-19)9-6-15-4-7-16(31)8-5-15)22(27(36)37-2)14-38-28(20)41-29-26(35)25(34)24(33)23(13-30)40-29/h3-5,7-8,14,18-21,23-26,28-31,33-35H,1,6,9-13H2,2H3/t18-,19-,20-,21-,23+,24+,25-,26+,28-,29-/m1/s1. The minimum absolute atomic E-state index is 0.0388. The summed E-state index contributed by atoms with van der Waals surface area (Å²) >= 11 is 0. The van der Waals surface area contributed by atoms with Crippen molar-refractivity contribution in [3.63, 3.8) is 0 Å². The molecule has 0 aromatic heterocycles. The van der Waals surface area contributed by atoms with Crippen LogP contribution in [0.3, 0.4) is 0 Å². The molecule has 3 aliphatic rings. The number of methoxy groups -OCH3 is 1. The Morgan fingerprint density at radius 3 is 2.41 bits per heavy atom. The van der Waals surface area contributed by atoms with E-state index in [4.69, 9.17) is 23.7 Å². The van der Waals surface area contributed by atoms with Gasteiger partial charge >= 0.3 is 5.97 Å². The van der Waals surface area contributed by atoms with E-state index in [9.17, 15) is 35.1 Å². The van der Waals surface area contributed by atoms with Gasteiger partial charge in [-0.1, -0.05) is 18.2 Å². The van der Waals surface area contributed by atoms with Gasteiger partial charge in [-0.25, -0.2) is 4.79 Å². The van der Waals surface area contributed by atoms with Crippen LogP contribution >= 0.6 is 0 Å². The lowest BCUT2D eigenvalue weighted by Crippen LogP contribution is -2.60. The van der Waals surface area contributed by atoms with E-state index >= 15 is 0 Å². The number of hydrogen-bond acceptors (Lipinski definition) is 12. The Morgan fingerprint density at radius 2 is 1.76 bits per heavy atom. The quantitative estimate of drug-likeness (QED) is 0.192. The highest BCUT2D eigenvalue weighted by Crippen LogP contribution is 2.39. The van der Waals surface area contributed by atoms with Gasteiger partial charge in [0.05, 0.1) is 37.8 Å². The van der Waals surface area contributed by atoms with Crippen molar-refractivity contribution in [3.05, 3.63) is 54.3 Å². The molecular formula is C29H38O12. The molecular weight excluding hydrogens is 540 g/mol. The van der Waals surface area contributed by atoms with Gasteiger partial charge in [-0.3, -0.25) is 4.79 Å². The molecule has 10 atom stereocenters. The van der Waals surface area contributed by atoms with Crippen molar-refractivity contribution in [2.24, 2.45) is 11.8 Å². The number of benzene rings is 1. The molecule has 3 heterocycles. The second-order valence-corrected chi connectivity index (χ2v) is 10.6. The molecule has 3 aliphatic heterocycles. The number of ether oxygens (including phenoxy) is 5. The number of aliphatic hydroxyl groups is 4. The molecule has 0 bridgehead atoms. The number of hydrogen-bond donors (Lipinski definition) is 5. The Balaban J connectivity index is 1.48. The van der Waals surface area contributed by atoms with E-state index in [-0.39, 0.29) is 42.5 Å².